The summed E-state index contributed by atoms with van der Waals surface area (Å²) in [6.07, 6.45) is 1.55. The van der Waals surface area contributed by atoms with Gasteiger partial charge in [-0.05, 0) is 19.4 Å². The van der Waals surface area contributed by atoms with E-state index >= 15 is 0 Å². The van der Waals surface area contributed by atoms with Gasteiger partial charge in [-0.2, -0.15) is 0 Å². The fraction of sp³-hybridized carbons (Fsp3) is 1.00. The van der Waals surface area contributed by atoms with E-state index in [0.717, 1.165) is 13.0 Å². The molecule has 0 aromatic heterocycles. The van der Waals surface area contributed by atoms with Crippen LogP contribution >= 0.6 is 0 Å². The van der Waals surface area contributed by atoms with Crippen molar-refractivity contribution in [3.05, 3.63) is 0 Å². The van der Waals surface area contributed by atoms with Gasteiger partial charge in [0.1, 0.15) is 0 Å². The summed E-state index contributed by atoms with van der Waals surface area (Å²) in [6, 6.07) is 0. The third-order valence-electron chi connectivity index (χ3n) is 2.61. The summed E-state index contributed by atoms with van der Waals surface area (Å²) >= 11 is 0. The highest BCUT2D eigenvalue weighted by atomic mass is 19.3. The molecule has 0 amide bonds. The zero-order chi connectivity index (χ0) is 9.19. The maximum Gasteiger partial charge on any atom is 0.254 e. The second-order valence-electron chi connectivity index (χ2n) is 3.87. The van der Waals surface area contributed by atoms with Gasteiger partial charge >= 0.3 is 0 Å². The molecule has 0 aliphatic carbocycles. The lowest BCUT2D eigenvalue weighted by Gasteiger charge is -2.32. The van der Waals surface area contributed by atoms with Crippen molar-refractivity contribution >= 4 is 0 Å². The average molecular weight is 177 g/mol. The summed E-state index contributed by atoms with van der Waals surface area (Å²) in [7, 11) is 0. The number of alkyl halides is 2. The molecule has 3 heteroatoms. The van der Waals surface area contributed by atoms with Crippen molar-refractivity contribution in [1.29, 1.82) is 0 Å². The lowest BCUT2D eigenvalue weighted by atomic mass is 9.86. The average Bonchev–Trinajstić information content (AvgIpc) is 2.06. The molecule has 1 N–H and O–H groups in total. The van der Waals surface area contributed by atoms with Crippen LogP contribution in [0.25, 0.3) is 0 Å². The fourth-order valence-electron chi connectivity index (χ4n) is 1.65. The van der Waals surface area contributed by atoms with E-state index < -0.39 is 17.8 Å². The fourth-order valence-corrected chi connectivity index (χ4v) is 1.65. The molecule has 1 aliphatic rings. The third kappa shape index (κ3) is 1.94. The molecule has 0 bridgehead atoms. The minimum atomic E-state index is -2.49. The number of nitrogens with one attached hydrogen (secondary N) is 1. The number of hydrogen-bond donors (Lipinski definition) is 1. The van der Waals surface area contributed by atoms with Gasteiger partial charge in [-0.25, -0.2) is 8.78 Å². The molecular formula is C9H17F2N. The van der Waals surface area contributed by atoms with E-state index in [1.165, 1.54) is 0 Å². The predicted molar refractivity (Wildman–Crippen MR) is 45.4 cm³/mol. The number of piperidine rings is 1. The smallest absolute Gasteiger partial charge is 0.254 e. The summed E-state index contributed by atoms with van der Waals surface area (Å²) in [6.45, 7) is 4.55. The summed E-state index contributed by atoms with van der Waals surface area (Å²) < 4.78 is 26.8. The van der Waals surface area contributed by atoms with Crippen molar-refractivity contribution in [2.75, 3.05) is 13.1 Å². The van der Waals surface area contributed by atoms with Crippen molar-refractivity contribution < 1.29 is 8.78 Å². The Balaban J connectivity index is 2.53. The van der Waals surface area contributed by atoms with E-state index in [-0.39, 0.29) is 0 Å². The molecule has 0 spiro atoms. The summed E-state index contributed by atoms with van der Waals surface area (Å²) in [5.74, 6) is -3.48. The van der Waals surface area contributed by atoms with Crippen LogP contribution in [0.1, 0.15) is 26.7 Å². The van der Waals surface area contributed by atoms with Gasteiger partial charge < -0.3 is 5.32 Å². The molecule has 12 heavy (non-hydrogen) atoms. The summed E-state index contributed by atoms with van der Waals surface area (Å²) in [5, 5.41) is 3.02. The first-order valence-electron chi connectivity index (χ1n) is 4.63. The maximum absolute atomic E-state index is 13.4. The van der Waals surface area contributed by atoms with Crippen LogP contribution in [0.3, 0.4) is 0 Å². The van der Waals surface area contributed by atoms with Crippen LogP contribution in [-0.2, 0) is 0 Å². The van der Waals surface area contributed by atoms with Crippen LogP contribution in [0.15, 0.2) is 0 Å². The van der Waals surface area contributed by atoms with Gasteiger partial charge in [0.25, 0.3) is 5.92 Å². The molecule has 0 aromatic rings. The first-order chi connectivity index (χ1) is 5.55. The number of halogens is 2. The normalized spacial score (nSPS) is 26.2. The predicted octanol–water partition coefficient (Wildman–Crippen LogP) is 2.28. The van der Waals surface area contributed by atoms with E-state index in [1.807, 2.05) is 0 Å². The quantitative estimate of drug-likeness (QED) is 0.682. The molecule has 1 atom stereocenters. The van der Waals surface area contributed by atoms with Crippen LogP contribution < -0.4 is 5.32 Å². The molecule has 1 heterocycles. The zero-order valence-electron chi connectivity index (χ0n) is 7.74. The number of hydrogen-bond acceptors (Lipinski definition) is 1. The Labute approximate surface area is 72.5 Å². The van der Waals surface area contributed by atoms with Crippen LogP contribution in [0, 0.1) is 11.8 Å². The van der Waals surface area contributed by atoms with E-state index in [2.05, 4.69) is 5.32 Å². The van der Waals surface area contributed by atoms with Crippen LogP contribution in [0.5, 0.6) is 0 Å². The first kappa shape index (κ1) is 9.90. The molecule has 0 saturated carbocycles. The van der Waals surface area contributed by atoms with Crippen LogP contribution in [-0.4, -0.2) is 19.0 Å². The molecule has 1 fully saturated rings. The largest absolute Gasteiger partial charge is 0.316 e. The van der Waals surface area contributed by atoms with Crippen LogP contribution in [0.2, 0.25) is 0 Å². The highest BCUT2D eigenvalue weighted by molar-refractivity contribution is 4.84. The van der Waals surface area contributed by atoms with Crippen molar-refractivity contribution in [3.8, 4) is 0 Å². The van der Waals surface area contributed by atoms with Crippen LogP contribution in [0.4, 0.5) is 8.78 Å². The Morgan fingerprint density at radius 2 is 2.08 bits per heavy atom. The van der Waals surface area contributed by atoms with Gasteiger partial charge in [0, 0.05) is 18.4 Å². The lowest BCUT2D eigenvalue weighted by molar-refractivity contribution is -0.103. The summed E-state index contributed by atoms with van der Waals surface area (Å²) in [5.41, 5.74) is 0. The molecule has 1 nitrogen and oxygen atoms in total. The highest BCUT2D eigenvalue weighted by Gasteiger charge is 2.42. The monoisotopic (exact) mass is 177 g/mol. The van der Waals surface area contributed by atoms with E-state index in [9.17, 15) is 8.78 Å². The lowest BCUT2D eigenvalue weighted by Crippen LogP contribution is -2.43. The zero-order valence-corrected chi connectivity index (χ0v) is 7.74. The van der Waals surface area contributed by atoms with Gasteiger partial charge in [-0.3, -0.25) is 0 Å². The minimum Gasteiger partial charge on any atom is -0.316 e. The highest BCUT2D eigenvalue weighted by Crippen LogP contribution is 2.35. The Morgan fingerprint density at radius 3 is 2.50 bits per heavy atom. The van der Waals surface area contributed by atoms with E-state index in [4.69, 9.17) is 0 Å². The first-order valence-corrected chi connectivity index (χ1v) is 4.63. The Hall–Kier alpha value is -0.180. The van der Waals surface area contributed by atoms with Crippen molar-refractivity contribution in [3.63, 3.8) is 0 Å². The second-order valence-corrected chi connectivity index (χ2v) is 3.87. The standard InChI is InChI=1S/C9H17F2N/c1-7(2)9(10,11)8-4-3-5-12-6-8/h7-8,12H,3-6H2,1-2H3. The maximum atomic E-state index is 13.4. The minimum absolute atomic E-state index is 0.453. The Morgan fingerprint density at radius 1 is 1.42 bits per heavy atom. The third-order valence-corrected chi connectivity index (χ3v) is 2.61. The van der Waals surface area contributed by atoms with E-state index in [1.54, 1.807) is 13.8 Å². The molecule has 1 aliphatic heterocycles. The van der Waals surface area contributed by atoms with Crippen molar-refractivity contribution in [1.82, 2.24) is 5.32 Å². The Kier molecular flexibility index (Phi) is 3.04. The van der Waals surface area contributed by atoms with Gasteiger partial charge in [0.2, 0.25) is 0 Å². The van der Waals surface area contributed by atoms with Crippen molar-refractivity contribution in [2.24, 2.45) is 11.8 Å². The van der Waals surface area contributed by atoms with Crippen molar-refractivity contribution in [2.45, 2.75) is 32.6 Å². The molecule has 72 valence electrons. The topological polar surface area (TPSA) is 12.0 Å². The molecule has 1 saturated heterocycles. The molecule has 1 unspecified atom stereocenters. The Bertz CT molecular complexity index is 139. The van der Waals surface area contributed by atoms with Gasteiger partial charge in [-0.15, -0.1) is 0 Å². The molecule has 0 radical (unpaired) electrons. The van der Waals surface area contributed by atoms with Gasteiger partial charge in [0.15, 0.2) is 0 Å². The van der Waals surface area contributed by atoms with Gasteiger partial charge in [0.05, 0.1) is 0 Å². The molecular weight excluding hydrogens is 160 g/mol. The summed E-state index contributed by atoms with van der Waals surface area (Å²) in [4.78, 5) is 0. The van der Waals surface area contributed by atoms with E-state index in [0.29, 0.717) is 13.0 Å². The molecule has 1 rings (SSSR count). The second kappa shape index (κ2) is 3.69. The van der Waals surface area contributed by atoms with Gasteiger partial charge in [-0.1, -0.05) is 13.8 Å². The SMILES string of the molecule is CC(C)C(F)(F)C1CCCNC1. The molecule has 0 aromatic carbocycles. The number of rotatable bonds is 2.